The summed E-state index contributed by atoms with van der Waals surface area (Å²) >= 11 is 6.12. The lowest BCUT2D eigenvalue weighted by Gasteiger charge is -2.22. The molecule has 1 amide bonds. The Morgan fingerprint density at radius 2 is 1.92 bits per heavy atom. The number of benzene rings is 1. The molecule has 0 atom stereocenters. The summed E-state index contributed by atoms with van der Waals surface area (Å²) < 4.78 is 5.14. The van der Waals surface area contributed by atoms with Crippen molar-refractivity contribution in [3.63, 3.8) is 0 Å². The third-order valence-electron chi connectivity index (χ3n) is 4.38. The van der Waals surface area contributed by atoms with Crippen LogP contribution in [0.2, 0.25) is 5.02 Å². The minimum atomic E-state index is -0.106. The van der Waals surface area contributed by atoms with E-state index in [9.17, 15) is 4.79 Å². The molecule has 0 unspecified atom stereocenters. The molecular weight excluding hydrogens is 338 g/mol. The van der Waals surface area contributed by atoms with Crippen molar-refractivity contribution >= 4 is 28.9 Å². The number of nitrogens with one attached hydrogen (secondary N) is 2. The number of pyridine rings is 1. The number of hydrogen-bond donors (Lipinski definition) is 2. The lowest BCUT2D eigenvalue weighted by Crippen LogP contribution is -2.36. The summed E-state index contributed by atoms with van der Waals surface area (Å²) in [4.78, 5) is 16.5. The van der Waals surface area contributed by atoms with Gasteiger partial charge >= 0.3 is 0 Å². The molecule has 5 nitrogen and oxygen atoms in total. The zero-order chi connectivity index (χ0) is 17.6. The summed E-state index contributed by atoms with van der Waals surface area (Å²) in [6.45, 7) is 0. The average Bonchev–Trinajstić information content (AvgIpc) is 2.63. The van der Waals surface area contributed by atoms with E-state index in [1.54, 1.807) is 31.5 Å². The van der Waals surface area contributed by atoms with E-state index in [1.807, 2.05) is 12.1 Å². The molecule has 1 fully saturated rings. The molecule has 0 radical (unpaired) electrons. The summed E-state index contributed by atoms with van der Waals surface area (Å²) in [6, 6.07) is 9.29. The fraction of sp³-hybridized carbons (Fsp3) is 0.368. The van der Waals surface area contributed by atoms with Crippen LogP contribution < -0.4 is 15.4 Å². The summed E-state index contributed by atoms with van der Waals surface area (Å²) in [5, 5.41) is 6.81. The maximum atomic E-state index is 12.3. The van der Waals surface area contributed by atoms with Crippen LogP contribution in [0.5, 0.6) is 5.75 Å². The van der Waals surface area contributed by atoms with Gasteiger partial charge < -0.3 is 15.4 Å². The summed E-state index contributed by atoms with van der Waals surface area (Å²) in [5.41, 5.74) is 2.05. The van der Waals surface area contributed by atoms with E-state index in [-0.39, 0.29) is 11.9 Å². The lowest BCUT2D eigenvalue weighted by molar-refractivity contribution is 0.0922. The first-order chi connectivity index (χ1) is 12.2. The highest BCUT2D eigenvalue weighted by molar-refractivity contribution is 6.32. The minimum Gasteiger partial charge on any atom is -0.495 e. The molecule has 2 N–H and O–H groups in total. The highest BCUT2D eigenvalue weighted by atomic mass is 35.5. The summed E-state index contributed by atoms with van der Waals surface area (Å²) in [6.07, 6.45) is 7.40. The fourth-order valence-corrected chi connectivity index (χ4v) is 3.28. The minimum absolute atomic E-state index is 0.106. The van der Waals surface area contributed by atoms with Crippen LogP contribution in [0.1, 0.15) is 42.6 Å². The molecule has 0 aliphatic heterocycles. The second kappa shape index (κ2) is 8.21. The van der Waals surface area contributed by atoms with Gasteiger partial charge in [-0.15, -0.1) is 0 Å². The van der Waals surface area contributed by atoms with E-state index < -0.39 is 0 Å². The highest BCUT2D eigenvalue weighted by Gasteiger charge is 2.17. The van der Waals surface area contributed by atoms with E-state index in [4.69, 9.17) is 16.3 Å². The molecule has 132 valence electrons. The van der Waals surface area contributed by atoms with Gasteiger partial charge in [0, 0.05) is 11.7 Å². The van der Waals surface area contributed by atoms with Gasteiger partial charge in [-0.1, -0.05) is 30.9 Å². The van der Waals surface area contributed by atoms with Gasteiger partial charge in [-0.25, -0.2) is 4.98 Å². The molecule has 3 rings (SSSR count). The zero-order valence-corrected chi connectivity index (χ0v) is 15.0. The average molecular weight is 360 g/mol. The molecule has 6 heteroatoms. The van der Waals surface area contributed by atoms with Gasteiger partial charge in [-0.05, 0) is 43.2 Å². The molecule has 0 saturated heterocycles. The largest absolute Gasteiger partial charge is 0.495 e. The van der Waals surface area contributed by atoms with Crippen LogP contribution in [0, 0.1) is 0 Å². The summed E-state index contributed by atoms with van der Waals surface area (Å²) in [7, 11) is 1.58. The van der Waals surface area contributed by atoms with Gasteiger partial charge in [0.1, 0.15) is 11.4 Å². The number of nitrogens with zero attached hydrogens (tertiary/aromatic N) is 1. The Kier molecular flexibility index (Phi) is 5.76. The molecular formula is C19H22ClN3O2. The summed E-state index contributed by atoms with van der Waals surface area (Å²) in [5.74, 6) is 0.519. The van der Waals surface area contributed by atoms with E-state index in [2.05, 4.69) is 15.6 Å². The third-order valence-corrected chi connectivity index (χ3v) is 4.67. The van der Waals surface area contributed by atoms with Crippen molar-refractivity contribution < 1.29 is 9.53 Å². The van der Waals surface area contributed by atoms with Gasteiger partial charge in [0.2, 0.25) is 0 Å². The molecule has 1 aliphatic rings. The van der Waals surface area contributed by atoms with Crippen molar-refractivity contribution in [1.29, 1.82) is 0 Å². The number of carbonyl (C=O) groups is 1. The molecule has 1 aliphatic carbocycles. The fourth-order valence-electron chi connectivity index (χ4n) is 3.02. The van der Waals surface area contributed by atoms with E-state index in [1.165, 1.54) is 19.3 Å². The number of carbonyl (C=O) groups excluding carboxylic acids is 1. The number of amides is 1. The third kappa shape index (κ3) is 4.63. The maximum Gasteiger partial charge on any atom is 0.270 e. The number of aromatic nitrogens is 1. The number of methoxy groups -OCH3 is 1. The number of anilines is 2. The molecule has 2 aromatic rings. The van der Waals surface area contributed by atoms with Crippen molar-refractivity contribution in [2.24, 2.45) is 0 Å². The van der Waals surface area contributed by atoms with Crippen LogP contribution in [-0.2, 0) is 0 Å². The first kappa shape index (κ1) is 17.5. The molecule has 1 heterocycles. The Morgan fingerprint density at radius 1 is 1.16 bits per heavy atom. The topological polar surface area (TPSA) is 63.2 Å². The van der Waals surface area contributed by atoms with Crippen molar-refractivity contribution in [3.8, 4) is 5.75 Å². The van der Waals surface area contributed by atoms with Gasteiger partial charge in [-0.3, -0.25) is 4.79 Å². The van der Waals surface area contributed by atoms with E-state index in [0.29, 0.717) is 16.5 Å². The number of ether oxygens (including phenoxy) is 1. The first-order valence-electron chi connectivity index (χ1n) is 8.53. The van der Waals surface area contributed by atoms with Crippen molar-refractivity contribution in [3.05, 3.63) is 47.2 Å². The molecule has 1 aromatic carbocycles. The van der Waals surface area contributed by atoms with Crippen LogP contribution in [0.25, 0.3) is 0 Å². The molecule has 25 heavy (non-hydrogen) atoms. The quantitative estimate of drug-likeness (QED) is 0.822. The Balaban J connectivity index is 1.61. The number of hydrogen-bond acceptors (Lipinski definition) is 4. The molecule has 0 bridgehead atoms. The smallest absolute Gasteiger partial charge is 0.270 e. The predicted molar refractivity (Wildman–Crippen MR) is 99.9 cm³/mol. The van der Waals surface area contributed by atoms with Gasteiger partial charge in [0.15, 0.2) is 0 Å². The van der Waals surface area contributed by atoms with Crippen LogP contribution in [0.3, 0.4) is 0 Å². The number of halogens is 1. The monoisotopic (exact) mass is 359 g/mol. The van der Waals surface area contributed by atoms with E-state index in [0.717, 1.165) is 24.2 Å². The van der Waals surface area contributed by atoms with Crippen LogP contribution >= 0.6 is 11.6 Å². The Labute approximate surface area is 152 Å². The van der Waals surface area contributed by atoms with Crippen LogP contribution in [0.15, 0.2) is 36.5 Å². The first-order valence-corrected chi connectivity index (χ1v) is 8.91. The Hall–Kier alpha value is -2.27. The van der Waals surface area contributed by atoms with Crippen LogP contribution in [-0.4, -0.2) is 24.0 Å². The lowest BCUT2D eigenvalue weighted by atomic mass is 9.95. The molecule has 1 aromatic heterocycles. The van der Waals surface area contributed by atoms with Gasteiger partial charge in [-0.2, -0.15) is 0 Å². The predicted octanol–water partition coefficient (Wildman–Crippen LogP) is 4.55. The van der Waals surface area contributed by atoms with Crippen LogP contribution in [0.4, 0.5) is 11.4 Å². The van der Waals surface area contributed by atoms with Crippen molar-refractivity contribution in [2.45, 2.75) is 38.1 Å². The molecule has 1 saturated carbocycles. The van der Waals surface area contributed by atoms with Gasteiger partial charge in [0.05, 0.1) is 24.0 Å². The Morgan fingerprint density at radius 3 is 2.56 bits per heavy atom. The van der Waals surface area contributed by atoms with E-state index >= 15 is 0 Å². The van der Waals surface area contributed by atoms with Crippen molar-refractivity contribution in [2.75, 3.05) is 12.4 Å². The second-order valence-electron chi connectivity index (χ2n) is 6.21. The standard InChI is InChI=1S/C19H22ClN3O2/c1-25-18-10-8-14(11-16(18)20)22-15-7-9-17(21-12-15)19(24)23-13-5-3-2-4-6-13/h7-13,22H,2-6H2,1H3,(H,23,24). The Bertz CT molecular complexity index is 728. The highest BCUT2D eigenvalue weighted by Crippen LogP contribution is 2.28. The van der Waals surface area contributed by atoms with Gasteiger partial charge in [0.25, 0.3) is 5.91 Å². The normalized spacial score (nSPS) is 14.8. The maximum absolute atomic E-state index is 12.3. The second-order valence-corrected chi connectivity index (χ2v) is 6.62. The zero-order valence-electron chi connectivity index (χ0n) is 14.2. The molecule has 0 spiro atoms. The number of rotatable bonds is 5. The van der Waals surface area contributed by atoms with Crippen molar-refractivity contribution in [1.82, 2.24) is 10.3 Å². The SMILES string of the molecule is COc1ccc(Nc2ccc(C(=O)NC3CCCCC3)nc2)cc1Cl.